The van der Waals surface area contributed by atoms with E-state index >= 15 is 0 Å². The summed E-state index contributed by atoms with van der Waals surface area (Å²) in [7, 11) is 0. The van der Waals surface area contributed by atoms with Gasteiger partial charge >= 0.3 is 0 Å². The van der Waals surface area contributed by atoms with E-state index in [4.69, 9.17) is 23.1 Å². The molecule has 1 spiro atoms. The number of hydrogen-bond donors (Lipinski definition) is 3. The summed E-state index contributed by atoms with van der Waals surface area (Å²) >= 11 is 6.45. The number of piperidine rings is 1. The molecule has 1 aliphatic carbocycles. The summed E-state index contributed by atoms with van der Waals surface area (Å²) in [5.41, 5.74) is 12.1. The minimum absolute atomic E-state index is 0.103. The second-order valence-corrected chi connectivity index (χ2v) is 13.7. The minimum atomic E-state index is -1.15. The Morgan fingerprint density at radius 3 is 2.66 bits per heavy atom. The molecule has 1 unspecified atom stereocenters. The second kappa shape index (κ2) is 10.3. The normalized spacial score (nSPS) is 20.8. The fraction of sp³-hybridized carbons (Fsp3) is 0.542. The van der Waals surface area contributed by atoms with E-state index in [9.17, 15) is 9.35 Å². The Bertz CT molecular complexity index is 1090. The zero-order valence-corrected chi connectivity index (χ0v) is 22.7. The van der Waals surface area contributed by atoms with E-state index in [0.717, 1.165) is 25.8 Å². The van der Waals surface area contributed by atoms with Gasteiger partial charge in [0, 0.05) is 29.3 Å². The van der Waals surface area contributed by atoms with Crippen molar-refractivity contribution in [1.82, 2.24) is 14.7 Å². The van der Waals surface area contributed by atoms with Crippen LogP contribution in [0.2, 0.25) is 5.02 Å². The molecule has 0 bridgehead atoms. The number of carbonyl (C=O) groups excluding carboxylic acids is 1. The molecule has 1 aromatic heterocycles. The van der Waals surface area contributed by atoms with Gasteiger partial charge < -0.3 is 20.9 Å². The molecule has 2 aliphatic rings. The molecule has 35 heavy (non-hydrogen) atoms. The molecule has 4 rings (SSSR count). The van der Waals surface area contributed by atoms with Crippen LogP contribution in [0.3, 0.4) is 0 Å². The zero-order valence-electron chi connectivity index (χ0n) is 20.3. The maximum Gasteiger partial charge on any atom is 0.250 e. The van der Waals surface area contributed by atoms with Crippen molar-refractivity contribution in [3.63, 3.8) is 0 Å². The Morgan fingerprint density at radius 1 is 1.31 bits per heavy atom. The highest BCUT2D eigenvalue weighted by molar-refractivity contribution is 7.99. The smallest absolute Gasteiger partial charge is 0.250 e. The predicted octanol–water partition coefficient (Wildman–Crippen LogP) is 4.15. The number of nitrogens with one attached hydrogen (secondary N) is 1. The fourth-order valence-electron chi connectivity index (χ4n) is 4.89. The van der Waals surface area contributed by atoms with E-state index in [1.54, 1.807) is 24.4 Å². The summed E-state index contributed by atoms with van der Waals surface area (Å²) in [6.07, 6.45) is 7.49. The molecule has 1 saturated heterocycles. The van der Waals surface area contributed by atoms with Gasteiger partial charge in [-0.15, -0.1) is 4.72 Å². The molecule has 1 aliphatic heterocycles. The van der Waals surface area contributed by atoms with Gasteiger partial charge in [0.15, 0.2) is 5.82 Å². The third-order valence-electron chi connectivity index (χ3n) is 6.94. The van der Waals surface area contributed by atoms with E-state index in [1.165, 1.54) is 24.6 Å². The lowest BCUT2D eigenvalue weighted by Gasteiger charge is -2.46. The zero-order chi connectivity index (χ0) is 25.4. The number of anilines is 2. The number of carbonyl (C=O) groups is 1. The van der Waals surface area contributed by atoms with Crippen molar-refractivity contribution in [1.29, 1.82) is 0 Å². The molecule has 2 atom stereocenters. The summed E-state index contributed by atoms with van der Waals surface area (Å²) in [6.45, 7) is 7.53. The van der Waals surface area contributed by atoms with Gasteiger partial charge in [0.2, 0.25) is 5.91 Å². The molecule has 5 N–H and O–H groups in total. The van der Waals surface area contributed by atoms with Gasteiger partial charge in [-0.25, -0.2) is 9.97 Å². The number of amides is 1. The summed E-state index contributed by atoms with van der Waals surface area (Å²) in [5.74, 6) is 0.398. The Hall–Kier alpha value is -1.72. The first-order valence-electron chi connectivity index (χ1n) is 11.8. The average Bonchev–Trinajstić information content (AvgIpc) is 3.26. The van der Waals surface area contributed by atoms with Crippen molar-refractivity contribution in [3.8, 4) is 0 Å². The molecule has 2 aromatic rings. The molecule has 8 nitrogen and oxygen atoms in total. The summed E-state index contributed by atoms with van der Waals surface area (Å²) in [4.78, 5) is 23.6. The van der Waals surface area contributed by atoms with E-state index in [0.29, 0.717) is 22.3 Å². The van der Waals surface area contributed by atoms with Gasteiger partial charge in [0.05, 0.1) is 22.8 Å². The number of aromatic nitrogens is 2. The van der Waals surface area contributed by atoms with Crippen LogP contribution < -0.4 is 21.1 Å². The number of nitrogens with two attached hydrogens (primary N) is 2. The van der Waals surface area contributed by atoms with E-state index in [1.807, 2.05) is 20.8 Å². The topological polar surface area (TPSA) is 133 Å². The third kappa shape index (κ3) is 5.67. The molecule has 1 amide bonds. The van der Waals surface area contributed by atoms with Crippen LogP contribution in [0.1, 0.15) is 63.2 Å². The lowest BCUT2D eigenvalue weighted by molar-refractivity contribution is 0.1000. The van der Waals surface area contributed by atoms with Crippen LogP contribution in [-0.4, -0.2) is 44.3 Å². The van der Waals surface area contributed by atoms with Crippen LogP contribution in [0, 0.1) is 5.41 Å². The highest BCUT2D eigenvalue weighted by Crippen LogP contribution is 2.47. The monoisotopic (exact) mass is 536 g/mol. The van der Waals surface area contributed by atoms with Gasteiger partial charge in [-0.3, -0.25) is 4.79 Å². The van der Waals surface area contributed by atoms with Crippen molar-refractivity contribution in [2.75, 3.05) is 23.7 Å². The van der Waals surface area contributed by atoms with Crippen molar-refractivity contribution < 1.29 is 9.35 Å². The highest BCUT2D eigenvalue weighted by Gasteiger charge is 2.48. The number of benzene rings is 1. The lowest BCUT2D eigenvalue weighted by atomic mass is 9.73. The Labute approximate surface area is 219 Å². The van der Waals surface area contributed by atoms with Crippen molar-refractivity contribution >= 4 is 52.3 Å². The maximum atomic E-state index is 13.0. The number of rotatable bonds is 6. The fourth-order valence-corrected chi connectivity index (χ4v) is 6.97. The predicted molar refractivity (Wildman–Crippen MR) is 143 cm³/mol. The van der Waals surface area contributed by atoms with Gasteiger partial charge in [-0.05, 0) is 57.6 Å². The molecule has 1 aromatic carbocycles. The molecule has 0 radical (unpaired) electrons. The number of nitrogens with zero attached hydrogens (tertiary/aromatic N) is 3. The average molecular weight is 537 g/mol. The van der Waals surface area contributed by atoms with Crippen LogP contribution >= 0.6 is 23.4 Å². The van der Waals surface area contributed by atoms with Crippen LogP contribution in [0.5, 0.6) is 0 Å². The third-order valence-corrected chi connectivity index (χ3v) is 10.1. The van der Waals surface area contributed by atoms with Crippen molar-refractivity contribution in [2.24, 2.45) is 11.1 Å². The van der Waals surface area contributed by atoms with E-state index in [-0.39, 0.29) is 32.6 Å². The molecular weight excluding hydrogens is 504 g/mol. The molecule has 190 valence electrons. The molecule has 1 saturated carbocycles. The van der Waals surface area contributed by atoms with E-state index < -0.39 is 17.3 Å². The Balaban J connectivity index is 1.53. The van der Waals surface area contributed by atoms with Crippen LogP contribution in [0.15, 0.2) is 34.3 Å². The Morgan fingerprint density at radius 2 is 2.03 bits per heavy atom. The second-order valence-electron chi connectivity index (χ2n) is 10.3. The van der Waals surface area contributed by atoms with Gasteiger partial charge in [-0.2, -0.15) is 0 Å². The Kier molecular flexibility index (Phi) is 7.78. The van der Waals surface area contributed by atoms with Crippen LogP contribution in [0.4, 0.5) is 11.6 Å². The lowest BCUT2D eigenvalue weighted by Crippen LogP contribution is -2.60. The van der Waals surface area contributed by atoms with Gasteiger partial charge in [0.25, 0.3) is 0 Å². The first kappa shape index (κ1) is 26.3. The SMILES string of the molecule is CC(C)(C)[S+]([O-])N[C@H]1CN(c2cnc(Sc3cccc(C(N)=O)c3Cl)c(N)n2)CCC12CCCC2. The van der Waals surface area contributed by atoms with Crippen molar-refractivity contribution in [3.05, 3.63) is 35.0 Å². The number of primary amides is 1. The highest BCUT2D eigenvalue weighted by atomic mass is 35.5. The first-order valence-corrected chi connectivity index (χ1v) is 14.2. The van der Waals surface area contributed by atoms with Crippen LogP contribution in [-0.2, 0) is 11.4 Å². The largest absolute Gasteiger partial charge is 0.598 e. The maximum absolute atomic E-state index is 13.0. The summed E-state index contributed by atoms with van der Waals surface area (Å²) in [5, 5.41) is 0.777. The standard InChI is InChI=1S/C24H33ClN6O2S2/c1-23(2,3)35(33)30-17-14-31(12-11-24(17)9-4-5-10-24)18-13-28-22(20(26)29-18)34-16-8-6-7-15(19(16)25)21(27)32/h6-8,13,17,30H,4-5,9-12,14H2,1-3H3,(H2,26,29)(H2,27,32)/t17-,35?/m0/s1. The van der Waals surface area contributed by atoms with Gasteiger partial charge in [-0.1, -0.05) is 42.3 Å². The molecule has 2 heterocycles. The summed E-state index contributed by atoms with van der Waals surface area (Å²) < 4.78 is 16.1. The number of halogens is 1. The van der Waals surface area contributed by atoms with Crippen molar-refractivity contribution in [2.45, 2.75) is 73.6 Å². The summed E-state index contributed by atoms with van der Waals surface area (Å²) in [6, 6.07) is 5.18. The van der Waals surface area contributed by atoms with E-state index in [2.05, 4.69) is 19.6 Å². The number of nitrogen functional groups attached to an aromatic ring is 1. The molecule has 11 heteroatoms. The molecular formula is C24H33ClN6O2S2. The van der Waals surface area contributed by atoms with Gasteiger partial charge in [0.1, 0.15) is 15.6 Å². The number of hydrogen-bond acceptors (Lipinski definition) is 8. The minimum Gasteiger partial charge on any atom is -0.598 e. The first-order chi connectivity index (χ1) is 16.5. The van der Waals surface area contributed by atoms with Crippen LogP contribution in [0.25, 0.3) is 0 Å². The quantitative estimate of drug-likeness (QED) is 0.469. The molecule has 2 fully saturated rings.